The van der Waals surface area contributed by atoms with E-state index in [0.717, 1.165) is 12.1 Å². The summed E-state index contributed by atoms with van der Waals surface area (Å²) in [7, 11) is 0. The van der Waals surface area contributed by atoms with Crippen molar-refractivity contribution in [3.05, 3.63) is 23.4 Å². The Kier molecular flexibility index (Phi) is 4.91. The third-order valence-corrected chi connectivity index (χ3v) is 2.45. The molecule has 2 N–H and O–H groups in total. The van der Waals surface area contributed by atoms with Gasteiger partial charge in [-0.3, -0.25) is 4.79 Å². The first-order chi connectivity index (χ1) is 9.24. The zero-order chi connectivity index (χ0) is 15.3. The highest BCUT2D eigenvalue weighted by molar-refractivity contribution is 5.67. The SMILES string of the molecule is CC(CNc1nc(C(F)(F)F)ccc1C#N)CC(=O)O. The van der Waals surface area contributed by atoms with E-state index in [-0.39, 0.29) is 30.3 Å². The first-order valence-corrected chi connectivity index (χ1v) is 5.68. The minimum atomic E-state index is -4.60. The van der Waals surface area contributed by atoms with Crippen molar-refractivity contribution >= 4 is 11.8 Å². The molecule has 1 aromatic rings. The van der Waals surface area contributed by atoms with E-state index in [9.17, 15) is 18.0 Å². The summed E-state index contributed by atoms with van der Waals surface area (Å²) in [6.07, 6.45) is -4.73. The maximum atomic E-state index is 12.5. The van der Waals surface area contributed by atoms with E-state index in [1.165, 1.54) is 0 Å². The van der Waals surface area contributed by atoms with Crippen LogP contribution in [0.1, 0.15) is 24.6 Å². The second-order valence-corrected chi connectivity index (χ2v) is 4.29. The second-order valence-electron chi connectivity index (χ2n) is 4.29. The molecule has 5 nitrogen and oxygen atoms in total. The van der Waals surface area contributed by atoms with Crippen LogP contribution in [0.15, 0.2) is 12.1 Å². The molecule has 0 radical (unpaired) electrons. The number of nitrogens with one attached hydrogen (secondary N) is 1. The molecule has 0 fully saturated rings. The number of nitriles is 1. The molecule has 0 aliphatic carbocycles. The van der Waals surface area contributed by atoms with Crippen LogP contribution >= 0.6 is 0 Å². The average molecular weight is 287 g/mol. The lowest BCUT2D eigenvalue weighted by Gasteiger charge is -2.13. The van der Waals surface area contributed by atoms with Crippen LogP contribution in [0.3, 0.4) is 0 Å². The fraction of sp³-hybridized carbons (Fsp3) is 0.417. The van der Waals surface area contributed by atoms with E-state index in [0.29, 0.717) is 0 Å². The summed E-state index contributed by atoms with van der Waals surface area (Å²) in [5.74, 6) is -1.51. The number of carboxylic acid groups (broad SMARTS) is 1. The van der Waals surface area contributed by atoms with Crippen LogP contribution in [0.5, 0.6) is 0 Å². The molecule has 20 heavy (non-hydrogen) atoms. The highest BCUT2D eigenvalue weighted by Crippen LogP contribution is 2.29. The van der Waals surface area contributed by atoms with Crippen LogP contribution in [0.4, 0.5) is 19.0 Å². The molecule has 0 amide bonds. The molecule has 1 rings (SSSR count). The first-order valence-electron chi connectivity index (χ1n) is 5.68. The van der Waals surface area contributed by atoms with Gasteiger partial charge in [-0.1, -0.05) is 6.92 Å². The number of rotatable bonds is 5. The standard InChI is InChI=1S/C12H12F3N3O2/c1-7(4-10(19)20)6-17-11-8(5-16)2-3-9(18-11)12(13,14)15/h2-3,7H,4,6H2,1H3,(H,17,18)(H,19,20). The number of pyridine rings is 1. The first kappa shape index (κ1) is 15.8. The van der Waals surface area contributed by atoms with Crippen molar-refractivity contribution in [1.82, 2.24) is 4.98 Å². The number of aliphatic carboxylic acids is 1. The Hall–Kier alpha value is -2.30. The van der Waals surface area contributed by atoms with E-state index in [2.05, 4.69) is 10.3 Å². The normalized spacial score (nSPS) is 12.6. The van der Waals surface area contributed by atoms with E-state index in [4.69, 9.17) is 10.4 Å². The van der Waals surface area contributed by atoms with Gasteiger partial charge in [0, 0.05) is 13.0 Å². The summed E-state index contributed by atoms with van der Waals surface area (Å²) < 4.78 is 37.6. The Morgan fingerprint density at radius 1 is 1.55 bits per heavy atom. The minimum Gasteiger partial charge on any atom is -0.481 e. The van der Waals surface area contributed by atoms with Crippen molar-refractivity contribution in [2.75, 3.05) is 11.9 Å². The van der Waals surface area contributed by atoms with Gasteiger partial charge >= 0.3 is 12.1 Å². The molecule has 0 aliphatic rings. The van der Waals surface area contributed by atoms with Crippen LogP contribution in [0, 0.1) is 17.2 Å². The lowest BCUT2D eigenvalue weighted by Crippen LogP contribution is -2.17. The number of hydrogen-bond acceptors (Lipinski definition) is 4. The van der Waals surface area contributed by atoms with Gasteiger partial charge in [0.05, 0.1) is 5.56 Å². The third-order valence-electron chi connectivity index (χ3n) is 2.45. The number of carboxylic acids is 1. The Balaban J connectivity index is 2.87. The van der Waals surface area contributed by atoms with Gasteiger partial charge in [-0.25, -0.2) is 4.98 Å². The molecular weight excluding hydrogens is 275 g/mol. The quantitative estimate of drug-likeness (QED) is 0.869. The molecule has 0 spiro atoms. The lowest BCUT2D eigenvalue weighted by atomic mass is 10.1. The van der Waals surface area contributed by atoms with Crippen LogP contribution < -0.4 is 5.32 Å². The maximum absolute atomic E-state index is 12.5. The molecule has 1 atom stereocenters. The smallest absolute Gasteiger partial charge is 0.433 e. The number of hydrogen-bond donors (Lipinski definition) is 2. The van der Waals surface area contributed by atoms with E-state index < -0.39 is 17.8 Å². The van der Waals surface area contributed by atoms with Gasteiger partial charge < -0.3 is 10.4 Å². The average Bonchev–Trinajstić information content (AvgIpc) is 2.34. The Morgan fingerprint density at radius 3 is 2.70 bits per heavy atom. The van der Waals surface area contributed by atoms with Gasteiger partial charge in [-0.2, -0.15) is 18.4 Å². The van der Waals surface area contributed by atoms with Gasteiger partial charge in [0.1, 0.15) is 17.6 Å². The van der Waals surface area contributed by atoms with Crippen molar-refractivity contribution in [2.45, 2.75) is 19.5 Å². The second kappa shape index (κ2) is 6.23. The molecule has 0 aliphatic heterocycles. The zero-order valence-corrected chi connectivity index (χ0v) is 10.5. The Bertz CT molecular complexity index is 538. The summed E-state index contributed by atoms with van der Waals surface area (Å²) in [6, 6.07) is 3.48. The monoisotopic (exact) mass is 287 g/mol. The number of nitrogens with zero attached hydrogens (tertiary/aromatic N) is 2. The topological polar surface area (TPSA) is 86.0 Å². The number of aromatic nitrogens is 1. The minimum absolute atomic E-state index is 0.0273. The van der Waals surface area contributed by atoms with Gasteiger partial charge in [0.2, 0.25) is 0 Å². The van der Waals surface area contributed by atoms with Crippen molar-refractivity contribution in [3.63, 3.8) is 0 Å². The van der Waals surface area contributed by atoms with Crippen molar-refractivity contribution < 1.29 is 23.1 Å². The van der Waals surface area contributed by atoms with Gasteiger partial charge in [0.15, 0.2) is 0 Å². The van der Waals surface area contributed by atoms with Crippen molar-refractivity contribution in [1.29, 1.82) is 5.26 Å². The number of carbonyl (C=O) groups is 1. The van der Waals surface area contributed by atoms with Crippen LogP contribution in [0.25, 0.3) is 0 Å². The third kappa shape index (κ3) is 4.42. The van der Waals surface area contributed by atoms with Crippen molar-refractivity contribution in [3.8, 4) is 6.07 Å². The fourth-order valence-corrected chi connectivity index (χ4v) is 1.48. The molecule has 108 valence electrons. The molecule has 8 heteroatoms. The number of anilines is 1. The summed E-state index contributed by atoms with van der Waals surface area (Å²) in [6.45, 7) is 1.73. The van der Waals surface area contributed by atoms with Gasteiger partial charge in [-0.15, -0.1) is 0 Å². The number of halogens is 3. The Labute approximate surface area is 113 Å². The number of alkyl halides is 3. The summed E-state index contributed by atoms with van der Waals surface area (Å²) in [4.78, 5) is 13.8. The molecule has 0 bridgehead atoms. The molecular formula is C12H12F3N3O2. The summed E-state index contributed by atoms with van der Waals surface area (Å²) >= 11 is 0. The van der Waals surface area contributed by atoms with E-state index in [1.807, 2.05) is 0 Å². The lowest BCUT2D eigenvalue weighted by molar-refractivity contribution is -0.141. The van der Waals surface area contributed by atoms with Gasteiger partial charge in [0.25, 0.3) is 0 Å². The molecule has 1 heterocycles. The Morgan fingerprint density at radius 2 is 2.20 bits per heavy atom. The van der Waals surface area contributed by atoms with Crippen LogP contribution in [0.2, 0.25) is 0 Å². The van der Waals surface area contributed by atoms with E-state index >= 15 is 0 Å². The molecule has 0 saturated heterocycles. The van der Waals surface area contributed by atoms with Crippen LogP contribution in [-0.4, -0.2) is 22.6 Å². The van der Waals surface area contributed by atoms with Crippen molar-refractivity contribution in [2.24, 2.45) is 5.92 Å². The molecule has 0 aromatic carbocycles. The maximum Gasteiger partial charge on any atom is 0.433 e. The van der Waals surface area contributed by atoms with E-state index in [1.54, 1.807) is 13.0 Å². The highest BCUT2D eigenvalue weighted by Gasteiger charge is 2.33. The van der Waals surface area contributed by atoms with Crippen LogP contribution in [-0.2, 0) is 11.0 Å². The molecule has 1 aromatic heterocycles. The largest absolute Gasteiger partial charge is 0.481 e. The zero-order valence-electron chi connectivity index (χ0n) is 10.5. The summed E-state index contributed by atoms with van der Waals surface area (Å²) in [5.41, 5.74) is -1.13. The van der Waals surface area contributed by atoms with Gasteiger partial charge in [-0.05, 0) is 18.1 Å². The highest BCUT2D eigenvalue weighted by atomic mass is 19.4. The summed E-state index contributed by atoms with van der Waals surface area (Å²) in [5, 5.41) is 20.0. The predicted molar refractivity (Wildman–Crippen MR) is 63.9 cm³/mol. The fourth-order valence-electron chi connectivity index (χ4n) is 1.48. The predicted octanol–water partition coefficient (Wildman–Crippen LogP) is 2.49. The molecule has 0 saturated carbocycles. The molecule has 1 unspecified atom stereocenters.